The Bertz CT molecular complexity index is 1230. The standard InChI is InChI=1S/C26H30N2O5S/c1-5-24(20-14-15-25(33-4)19(2)16-20)27-26(29)18-28(21-10-9-11-22(17-21)32-3)34(30,31)23-12-7-6-8-13-23/h6-17,24H,5,18H2,1-4H3,(H,27,29)/t24-/m1/s1. The van der Waals surface area contributed by atoms with Crippen molar-refractivity contribution in [3.63, 3.8) is 0 Å². The fraction of sp³-hybridized carbons (Fsp3) is 0.269. The van der Waals surface area contributed by atoms with Crippen LogP contribution in [0.4, 0.5) is 5.69 Å². The molecule has 1 atom stereocenters. The van der Waals surface area contributed by atoms with Crippen LogP contribution >= 0.6 is 0 Å². The van der Waals surface area contributed by atoms with E-state index < -0.39 is 15.9 Å². The summed E-state index contributed by atoms with van der Waals surface area (Å²) < 4.78 is 38.7. The predicted molar refractivity (Wildman–Crippen MR) is 133 cm³/mol. The first-order valence-electron chi connectivity index (χ1n) is 11.0. The van der Waals surface area contributed by atoms with Crippen LogP contribution in [0.15, 0.2) is 77.7 Å². The quantitative estimate of drug-likeness (QED) is 0.461. The molecule has 0 aromatic heterocycles. The highest BCUT2D eigenvalue weighted by molar-refractivity contribution is 7.92. The molecule has 0 aliphatic heterocycles. The topological polar surface area (TPSA) is 84.9 Å². The van der Waals surface area contributed by atoms with E-state index in [4.69, 9.17) is 9.47 Å². The summed E-state index contributed by atoms with van der Waals surface area (Å²) >= 11 is 0. The number of nitrogens with one attached hydrogen (secondary N) is 1. The Morgan fingerprint density at radius 2 is 1.71 bits per heavy atom. The van der Waals surface area contributed by atoms with Gasteiger partial charge < -0.3 is 14.8 Å². The Balaban J connectivity index is 1.91. The summed E-state index contributed by atoms with van der Waals surface area (Å²) in [6, 6.07) is 20.2. The minimum atomic E-state index is -4.00. The lowest BCUT2D eigenvalue weighted by Crippen LogP contribution is -2.42. The first kappa shape index (κ1) is 25.1. The lowest BCUT2D eigenvalue weighted by molar-refractivity contribution is -0.120. The summed E-state index contributed by atoms with van der Waals surface area (Å²) in [5.41, 5.74) is 2.22. The van der Waals surface area contributed by atoms with E-state index in [2.05, 4.69) is 5.32 Å². The SMILES string of the molecule is CC[C@@H](NC(=O)CN(c1cccc(OC)c1)S(=O)(=O)c1ccccc1)c1ccc(OC)c(C)c1. The number of carbonyl (C=O) groups excluding carboxylic acids is 1. The van der Waals surface area contributed by atoms with Crippen LogP contribution in [0, 0.1) is 6.92 Å². The Kier molecular flexibility index (Phi) is 8.17. The summed E-state index contributed by atoms with van der Waals surface area (Å²) in [7, 11) is -0.880. The predicted octanol–water partition coefficient (Wildman–Crippen LogP) is 4.48. The van der Waals surface area contributed by atoms with Crippen LogP contribution in [0.5, 0.6) is 11.5 Å². The maximum Gasteiger partial charge on any atom is 0.264 e. The van der Waals surface area contributed by atoms with Crippen molar-refractivity contribution in [2.24, 2.45) is 0 Å². The van der Waals surface area contributed by atoms with Crippen LogP contribution in [0.2, 0.25) is 0 Å². The van der Waals surface area contributed by atoms with E-state index in [1.807, 2.05) is 32.0 Å². The molecule has 0 saturated heterocycles. The first-order chi connectivity index (χ1) is 16.3. The number of anilines is 1. The van der Waals surface area contributed by atoms with Crippen molar-refractivity contribution in [2.75, 3.05) is 25.1 Å². The summed E-state index contributed by atoms with van der Waals surface area (Å²) in [4.78, 5) is 13.2. The van der Waals surface area contributed by atoms with Crippen LogP contribution in [0.1, 0.15) is 30.5 Å². The molecule has 3 aromatic rings. The van der Waals surface area contributed by atoms with Crippen LogP contribution in [0.25, 0.3) is 0 Å². The summed E-state index contributed by atoms with van der Waals surface area (Å²) in [5.74, 6) is 0.844. The number of benzene rings is 3. The second-order valence-corrected chi connectivity index (χ2v) is 9.65. The average molecular weight is 483 g/mol. The van der Waals surface area contributed by atoms with E-state index in [0.29, 0.717) is 17.9 Å². The zero-order chi connectivity index (χ0) is 24.7. The third kappa shape index (κ3) is 5.69. The molecule has 0 unspecified atom stereocenters. The third-order valence-corrected chi connectivity index (χ3v) is 7.31. The molecule has 0 fully saturated rings. The highest BCUT2D eigenvalue weighted by atomic mass is 32.2. The third-order valence-electron chi connectivity index (χ3n) is 5.52. The largest absolute Gasteiger partial charge is 0.497 e. The van der Waals surface area contributed by atoms with Crippen LogP contribution in [-0.4, -0.2) is 35.1 Å². The molecular weight excluding hydrogens is 452 g/mol. The molecule has 0 saturated carbocycles. The van der Waals surface area contributed by atoms with Crippen LogP contribution < -0.4 is 19.1 Å². The molecular formula is C26H30N2O5S. The van der Waals surface area contributed by atoms with Gasteiger partial charge in [0.25, 0.3) is 10.0 Å². The minimum Gasteiger partial charge on any atom is -0.497 e. The molecule has 0 aliphatic carbocycles. The number of aryl methyl sites for hydroxylation is 1. The number of rotatable bonds is 10. The Morgan fingerprint density at radius 3 is 2.32 bits per heavy atom. The van der Waals surface area contributed by atoms with Crippen molar-refractivity contribution in [1.82, 2.24) is 5.32 Å². The van der Waals surface area contributed by atoms with Crippen molar-refractivity contribution >= 4 is 21.6 Å². The smallest absolute Gasteiger partial charge is 0.264 e. The van der Waals surface area contributed by atoms with Crippen molar-refractivity contribution in [3.8, 4) is 11.5 Å². The van der Waals surface area contributed by atoms with Crippen molar-refractivity contribution in [2.45, 2.75) is 31.2 Å². The van der Waals surface area contributed by atoms with Gasteiger partial charge in [-0.05, 0) is 54.8 Å². The summed E-state index contributed by atoms with van der Waals surface area (Å²) in [6.07, 6.45) is 0.641. The van der Waals surface area contributed by atoms with Gasteiger partial charge in [-0.15, -0.1) is 0 Å². The van der Waals surface area contributed by atoms with E-state index in [9.17, 15) is 13.2 Å². The Morgan fingerprint density at radius 1 is 0.971 bits per heavy atom. The van der Waals surface area contributed by atoms with E-state index in [0.717, 1.165) is 21.2 Å². The second-order valence-electron chi connectivity index (χ2n) is 7.78. The molecule has 3 aromatic carbocycles. The fourth-order valence-electron chi connectivity index (χ4n) is 3.71. The van der Waals surface area contributed by atoms with Gasteiger partial charge in [0, 0.05) is 6.07 Å². The molecule has 180 valence electrons. The van der Waals surface area contributed by atoms with E-state index >= 15 is 0 Å². The number of amides is 1. The Labute approximate surface area is 201 Å². The van der Waals surface area contributed by atoms with Gasteiger partial charge in [0.1, 0.15) is 18.0 Å². The van der Waals surface area contributed by atoms with Gasteiger partial charge in [-0.1, -0.05) is 43.3 Å². The molecule has 0 radical (unpaired) electrons. The van der Waals surface area contributed by atoms with Gasteiger partial charge in [-0.3, -0.25) is 9.10 Å². The van der Waals surface area contributed by atoms with Crippen molar-refractivity contribution in [1.29, 1.82) is 0 Å². The molecule has 7 nitrogen and oxygen atoms in total. The van der Waals surface area contributed by atoms with Crippen LogP contribution in [-0.2, 0) is 14.8 Å². The summed E-state index contributed by atoms with van der Waals surface area (Å²) in [6.45, 7) is 3.52. The van der Waals surface area contributed by atoms with Gasteiger partial charge in [-0.2, -0.15) is 0 Å². The first-order valence-corrected chi connectivity index (χ1v) is 12.4. The molecule has 1 N–H and O–H groups in total. The molecule has 34 heavy (non-hydrogen) atoms. The minimum absolute atomic E-state index is 0.100. The number of carbonyl (C=O) groups is 1. The lowest BCUT2D eigenvalue weighted by Gasteiger charge is -2.26. The zero-order valence-electron chi connectivity index (χ0n) is 19.8. The van der Waals surface area contributed by atoms with Crippen molar-refractivity contribution < 1.29 is 22.7 Å². The molecule has 8 heteroatoms. The van der Waals surface area contributed by atoms with Gasteiger partial charge in [0.05, 0.1) is 30.8 Å². The van der Waals surface area contributed by atoms with Crippen molar-refractivity contribution in [3.05, 3.63) is 83.9 Å². The second kappa shape index (κ2) is 11.1. The van der Waals surface area contributed by atoms with Gasteiger partial charge >= 0.3 is 0 Å². The molecule has 0 aliphatic rings. The maximum absolute atomic E-state index is 13.5. The van der Waals surface area contributed by atoms with E-state index in [-0.39, 0.29) is 17.5 Å². The molecule has 0 heterocycles. The average Bonchev–Trinajstić information content (AvgIpc) is 2.86. The highest BCUT2D eigenvalue weighted by Crippen LogP contribution is 2.28. The highest BCUT2D eigenvalue weighted by Gasteiger charge is 2.28. The number of ether oxygens (including phenoxy) is 2. The maximum atomic E-state index is 13.5. The zero-order valence-corrected chi connectivity index (χ0v) is 20.6. The number of hydrogen-bond acceptors (Lipinski definition) is 5. The molecule has 0 bridgehead atoms. The molecule has 3 rings (SSSR count). The normalized spacial score (nSPS) is 12.0. The van der Waals surface area contributed by atoms with Crippen LogP contribution in [0.3, 0.4) is 0 Å². The number of sulfonamides is 1. The van der Waals surface area contributed by atoms with E-state index in [1.54, 1.807) is 49.6 Å². The van der Waals surface area contributed by atoms with Gasteiger partial charge in [0.15, 0.2) is 0 Å². The molecule has 1 amide bonds. The monoisotopic (exact) mass is 482 g/mol. The fourth-order valence-corrected chi connectivity index (χ4v) is 5.14. The Hall–Kier alpha value is -3.52. The van der Waals surface area contributed by atoms with Gasteiger partial charge in [0.2, 0.25) is 5.91 Å². The number of hydrogen-bond donors (Lipinski definition) is 1. The van der Waals surface area contributed by atoms with E-state index in [1.165, 1.54) is 19.2 Å². The molecule has 0 spiro atoms. The number of nitrogens with zero attached hydrogens (tertiary/aromatic N) is 1. The summed E-state index contributed by atoms with van der Waals surface area (Å²) in [5, 5.41) is 2.98. The number of methoxy groups -OCH3 is 2. The van der Waals surface area contributed by atoms with Gasteiger partial charge in [-0.25, -0.2) is 8.42 Å². The lowest BCUT2D eigenvalue weighted by atomic mass is 10.0.